The van der Waals surface area contributed by atoms with Crippen LogP contribution in [0, 0.1) is 0 Å². The van der Waals surface area contributed by atoms with Gasteiger partial charge in [-0.2, -0.15) is 0 Å². The van der Waals surface area contributed by atoms with Crippen molar-refractivity contribution in [2.75, 3.05) is 59.5 Å². The number of hydrogen-bond donors (Lipinski definition) is 3. The largest absolute Gasteiger partial charge is 0.460 e. The SMILES string of the molecule is C=C(C)C(=O)OCCOC(=O)C(=C)C.C=CC(=O)OCC(C)O.OCCOCCOCCO. The number of rotatable bonds is 15. The number of esters is 3. The lowest BCUT2D eigenvalue weighted by atomic mass is 10.4. The van der Waals surface area contributed by atoms with Crippen LogP contribution in [0.5, 0.6) is 0 Å². The van der Waals surface area contributed by atoms with Gasteiger partial charge in [-0.25, -0.2) is 14.4 Å². The van der Waals surface area contributed by atoms with Gasteiger partial charge in [-0.15, -0.1) is 0 Å². The minimum Gasteiger partial charge on any atom is -0.460 e. The first-order valence-electron chi connectivity index (χ1n) is 10.0. The molecule has 1 atom stereocenters. The van der Waals surface area contributed by atoms with Crippen LogP contribution in [0.25, 0.3) is 0 Å². The van der Waals surface area contributed by atoms with Gasteiger partial charge in [0.2, 0.25) is 0 Å². The third kappa shape index (κ3) is 31.7. The maximum atomic E-state index is 10.8. The van der Waals surface area contributed by atoms with Crippen LogP contribution in [-0.2, 0) is 38.1 Å². The van der Waals surface area contributed by atoms with Crippen molar-refractivity contribution in [3.05, 3.63) is 37.0 Å². The van der Waals surface area contributed by atoms with E-state index < -0.39 is 24.0 Å². The first-order chi connectivity index (χ1) is 15.5. The molecule has 0 aliphatic heterocycles. The molecule has 11 nitrogen and oxygen atoms in total. The highest BCUT2D eigenvalue weighted by molar-refractivity contribution is 5.87. The first-order valence-corrected chi connectivity index (χ1v) is 10.0. The molecular formula is C22H38O11. The van der Waals surface area contributed by atoms with Gasteiger partial charge in [-0.1, -0.05) is 19.7 Å². The van der Waals surface area contributed by atoms with Gasteiger partial charge < -0.3 is 39.0 Å². The minimum absolute atomic E-state index is 0.0325. The van der Waals surface area contributed by atoms with Crippen molar-refractivity contribution in [2.45, 2.75) is 26.9 Å². The van der Waals surface area contributed by atoms with Crippen LogP contribution < -0.4 is 0 Å². The average molecular weight is 479 g/mol. The highest BCUT2D eigenvalue weighted by atomic mass is 16.6. The summed E-state index contributed by atoms with van der Waals surface area (Å²) in [6.45, 7) is 16.4. The highest BCUT2D eigenvalue weighted by Crippen LogP contribution is 1.94. The van der Waals surface area contributed by atoms with Crippen LogP contribution in [0.15, 0.2) is 37.0 Å². The van der Waals surface area contributed by atoms with E-state index >= 15 is 0 Å². The van der Waals surface area contributed by atoms with Gasteiger partial charge in [0.25, 0.3) is 0 Å². The second-order valence-corrected chi connectivity index (χ2v) is 6.19. The van der Waals surface area contributed by atoms with Crippen LogP contribution in [0.4, 0.5) is 0 Å². The molecule has 0 aromatic heterocycles. The van der Waals surface area contributed by atoms with Crippen LogP contribution in [0.3, 0.4) is 0 Å². The lowest BCUT2D eigenvalue weighted by Gasteiger charge is -2.05. The third-order valence-electron chi connectivity index (χ3n) is 2.72. The predicted molar refractivity (Wildman–Crippen MR) is 120 cm³/mol. The van der Waals surface area contributed by atoms with E-state index in [1.54, 1.807) is 13.8 Å². The van der Waals surface area contributed by atoms with Crippen LogP contribution >= 0.6 is 0 Å². The van der Waals surface area contributed by atoms with Gasteiger partial charge in [0.1, 0.15) is 19.8 Å². The van der Waals surface area contributed by atoms with E-state index in [2.05, 4.69) is 33.9 Å². The molecule has 0 bridgehead atoms. The Morgan fingerprint density at radius 2 is 1.18 bits per heavy atom. The molecule has 0 saturated carbocycles. The second kappa shape index (κ2) is 25.7. The summed E-state index contributed by atoms with van der Waals surface area (Å²) in [4.78, 5) is 31.9. The van der Waals surface area contributed by atoms with Gasteiger partial charge in [0.05, 0.1) is 45.7 Å². The van der Waals surface area contributed by atoms with Gasteiger partial charge in [0.15, 0.2) is 0 Å². The molecule has 0 heterocycles. The van der Waals surface area contributed by atoms with Crippen molar-refractivity contribution in [2.24, 2.45) is 0 Å². The standard InChI is InChI=1S/C10H14O4.C6H14O4.C6H10O3/c1-7(2)9(11)13-5-6-14-10(12)8(3)4;7-1-3-9-5-6-10-4-2-8;1-3-6(8)9-4-5(2)7/h1,3,5-6H2,2,4H3;7-8H,1-6H2;3,5,7H,1,4H2,2H3. The van der Waals surface area contributed by atoms with E-state index in [4.69, 9.17) is 24.8 Å². The predicted octanol–water partition coefficient (Wildman–Crippen LogP) is 0.326. The summed E-state index contributed by atoms with van der Waals surface area (Å²) in [5.41, 5.74) is 0.632. The van der Waals surface area contributed by atoms with Crippen molar-refractivity contribution >= 4 is 17.9 Å². The summed E-state index contributed by atoms with van der Waals surface area (Å²) in [7, 11) is 0. The molecule has 0 rings (SSSR count). The van der Waals surface area contributed by atoms with E-state index in [1.165, 1.54) is 6.92 Å². The molecule has 33 heavy (non-hydrogen) atoms. The number of hydrogen-bond acceptors (Lipinski definition) is 11. The monoisotopic (exact) mass is 478 g/mol. The molecule has 3 N–H and O–H groups in total. The van der Waals surface area contributed by atoms with Crippen molar-refractivity contribution in [3.63, 3.8) is 0 Å². The highest BCUT2D eigenvalue weighted by Gasteiger charge is 2.05. The average Bonchev–Trinajstić information content (AvgIpc) is 2.77. The molecule has 192 valence electrons. The Morgan fingerprint density at radius 1 is 0.788 bits per heavy atom. The fraction of sp³-hybridized carbons (Fsp3) is 0.591. The van der Waals surface area contributed by atoms with Crippen molar-refractivity contribution in [1.29, 1.82) is 0 Å². The van der Waals surface area contributed by atoms with Crippen molar-refractivity contribution < 1.29 is 53.4 Å². The van der Waals surface area contributed by atoms with E-state index in [-0.39, 0.29) is 33.0 Å². The third-order valence-corrected chi connectivity index (χ3v) is 2.72. The van der Waals surface area contributed by atoms with Crippen LogP contribution in [0.1, 0.15) is 20.8 Å². The molecule has 0 aromatic carbocycles. The summed E-state index contributed by atoms with van der Waals surface area (Å²) in [6.07, 6.45) is 0.455. The fourth-order valence-electron chi connectivity index (χ4n) is 1.23. The maximum absolute atomic E-state index is 10.8. The zero-order valence-corrected chi connectivity index (χ0v) is 19.7. The molecule has 0 spiro atoms. The number of aliphatic hydroxyl groups is 3. The summed E-state index contributed by atoms with van der Waals surface area (Å²) >= 11 is 0. The lowest BCUT2D eigenvalue weighted by Crippen LogP contribution is -2.14. The molecule has 0 aromatic rings. The second-order valence-electron chi connectivity index (χ2n) is 6.19. The molecule has 0 amide bonds. The maximum Gasteiger partial charge on any atom is 0.333 e. The molecule has 0 saturated heterocycles. The first kappa shape index (κ1) is 35.0. The molecule has 11 heteroatoms. The normalized spacial score (nSPS) is 10.2. The Morgan fingerprint density at radius 3 is 1.45 bits per heavy atom. The molecule has 0 aliphatic carbocycles. The van der Waals surface area contributed by atoms with E-state index in [9.17, 15) is 14.4 Å². The number of carbonyl (C=O) groups excluding carboxylic acids is 3. The summed E-state index contributed by atoms with van der Waals surface area (Å²) in [5.74, 6) is -1.48. The van der Waals surface area contributed by atoms with E-state index in [0.29, 0.717) is 37.6 Å². The van der Waals surface area contributed by atoms with Gasteiger partial charge in [0, 0.05) is 17.2 Å². The molecule has 1 unspecified atom stereocenters. The van der Waals surface area contributed by atoms with Crippen LogP contribution in [-0.4, -0.2) is 98.8 Å². The fourth-order valence-corrected chi connectivity index (χ4v) is 1.23. The lowest BCUT2D eigenvalue weighted by molar-refractivity contribution is -0.147. The molecule has 0 radical (unpaired) electrons. The Balaban J connectivity index is -0.000000423. The molecule has 0 fully saturated rings. The number of aliphatic hydroxyl groups excluding tert-OH is 3. The summed E-state index contributed by atoms with van der Waals surface area (Å²) < 4.78 is 23.6. The number of ether oxygens (including phenoxy) is 5. The Labute approximate surface area is 195 Å². The van der Waals surface area contributed by atoms with Crippen molar-refractivity contribution in [3.8, 4) is 0 Å². The van der Waals surface area contributed by atoms with Gasteiger partial charge >= 0.3 is 17.9 Å². The smallest absolute Gasteiger partial charge is 0.333 e. The Kier molecular flexibility index (Phi) is 27.3. The molecule has 0 aliphatic rings. The van der Waals surface area contributed by atoms with E-state index in [0.717, 1.165) is 6.08 Å². The molecular weight excluding hydrogens is 440 g/mol. The van der Waals surface area contributed by atoms with Crippen LogP contribution in [0.2, 0.25) is 0 Å². The van der Waals surface area contributed by atoms with E-state index in [1.807, 2.05) is 0 Å². The topological polar surface area (TPSA) is 158 Å². The Bertz CT molecular complexity index is 535. The zero-order chi connectivity index (χ0) is 26.1. The van der Waals surface area contributed by atoms with Gasteiger partial charge in [-0.3, -0.25) is 0 Å². The Hall–Kier alpha value is -2.57. The van der Waals surface area contributed by atoms with Crippen molar-refractivity contribution in [1.82, 2.24) is 0 Å². The summed E-state index contributed by atoms with van der Waals surface area (Å²) in [6, 6.07) is 0. The number of carbonyl (C=O) groups is 3. The van der Waals surface area contributed by atoms with Gasteiger partial charge in [-0.05, 0) is 20.8 Å². The quantitative estimate of drug-likeness (QED) is 0.129. The zero-order valence-electron chi connectivity index (χ0n) is 19.7. The summed E-state index contributed by atoms with van der Waals surface area (Å²) in [5, 5.41) is 25.1. The minimum atomic E-state index is -0.603.